The normalized spacial score (nSPS) is 18.3. The van der Waals surface area contributed by atoms with E-state index in [1.165, 1.54) is 7.11 Å². The molecule has 1 heterocycles. The Hall–Kier alpha value is -1.56. The summed E-state index contributed by atoms with van der Waals surface area (Å²) in [6, 6.07) is 5.03. The lowest BCUT2D eigenvalue weighted by Crippen LogP contribution is -2.36. The summed E-state index contributed by atoms with van der Waals surface area (Å²) in [4.78, 5) is 23.1. The van der Waals surface area contributed by atoms with Gasteiger partial charge in [0.15, 0.2) is 0 Å². The van der Waals surface area contributed by atoms with Crippen molar-refractivity contribution in [3.63, 3.8) is 0 Å². The molecule has 0 saturated carbocycles. The fourth-order valence-corrected chi connectivity index (χ4v) is 2.16. The van der Waals surface area contributed by atoms with Crippen molar-refractivity contribution in [2.24, 2.45) is 0 Å². The van der Waals surface area contributed by atoms with Gasteiger partial charge in [-0.05, 0) is 18.2 Å². The van der Waals surface area contributed by atoms with Crippen LogP contribution in [0.15, 0.2) is 22.7 Å². The Labute approximate surface area is 113 Å². The molecule has 18 heavy (non-hydrogen) atoms. The van der Waals surface area contributed by atoms with E-state index in [9.17, 15) is 9.59 Å². The minimum absolute atomic E-state index is 0.0388. The maximum Gasteiger partial charge on any atom is 0.255 e. The predicted octanol–water partition coefficient (Wildman–Crippen LogP) is 1.08. The predicted molar refractivity (Wildman–Crippen MR) is 69.6 cm³/mol. The highest BCUT2D eigenvalue weighted by Crippen LogP contribution is 2.23. The fraction of sp³-hybridized carbons (Fsp3) is 0.333. The van der Waals surface area contributed by atoms with Gasteiger partial charge in [0.2, 0.25) is 5.91 Å². The van der Waals surface area contributed by atoms with Crippen LogP contribution in [-0.4, -0.2) is 31.5 Å². The van der Waals surface area contributed by atoms with Gasteiger partial charge in [0.25, 0.3) is 5.91 Å². The molecule has 1 aliphatic heterocycles. The average Bonchev–Trinajstić information content (AvgIpc) is 2.74. The molecular formula is C12H13BrN2O3. The first kappa shape index (κ1) is 12.9. The molecule has 2 amide bonds. The molecule has 96 valence electrons. The Kier molecular flexibility index (Phi) is 3.86. The summed E-state index contributed by atoms with van der Waals surface area (Å²) < 4.78 is 6.00. The summed E-state index contributed by atoms with van der Waals surface area (Å²) in [5, 5.41) is 5.47. The molecule has 1 aromatic rings. The summed E-state index contributed by atoms with van der Waals surface area (Å²) >= 11 is 3.32. The number of rotatable bonds is 3. The van der Waals surface area contributed by atoms with E-state index in [4.69, 9.17) is 4.74 Å². The minimum atomic E-state index is -0.235. The molecular weight excluding hydrogens is 300 g/mol. The number of ether oxygens (including phenoxy) is 1. The highest BCUT2D eigenvalue weighted by molar-refractivity contribution is 9.10. The maximum atomic E-state index is 12.1. The number of halogens is 1. The van der Waals surface area contributed by atoms with Crippen LogP contribution in [-0.2, 0) is 4.79 Å². The molecule has 6 heteroatoms. The largest absolute Gasteiger partial charge is 0.496 e. The van der Waals surface area contributed by atoms with E-state index >= 15 is 0 Å². The molecule has 5 nitrogen and oxygen atoms in total. The molecule has 0 aromatic heterocycles. The van der Waals surface area contributed by atoms with Crippen LogP contribution in [0.25, 0.3) is 0 Å². The quantitative estimate of drug-likeness (QED) is 0.877. The van der Waals surface area contributed by atoms with Crippen molar-refractivity contribution in [2.75, 3.05) is 13.7 Å². The molecule has 1 saturated heterocycles. The zero-order valence-corrected chi connectivity index (χ0v) is 11.4. The summed E-state index contributed by atoms with van der Waals surface area (Å²) in [6.45, 7) is 0.476. The number of nitrogens with one attached hydrogen (secondary N) is 2. The molecule has 0 bridgehead atoms. The topological polar surface area (TPSA) is 67.4 Å². The number of hydrogen-bond acceptors (Lipinski definition) is 3. The molecule has 2 rings (SSSR count). The number of amides is 2. The first-order valence-electron chi connectivity index (χ1n) is 5.51. The molecule has 1 unspecified atom stereocenters. The third-order valence-electron chi connectivity index (χ3n) is 2.72. The second-order valence-electron chi connectivity index (χ2n) is 4.02. The third kappa shape index (κ3) is 2.81. The van der Waals surface area contributed by atoms with Crippen molar-refractivity contribution >= 4 is 27.7 Å². The number of carbonyl (C=O) groups excluding carboxylic acids is 2. The number of hydrogen-bond donors (Lipinski definition) is 2. The molecule has 1 atom stereocenters. The lowest BCUT2D eigenvalue weighted by Gasteiger charge is -2.13. The highest BCUT2D eigenvalue weighted by atomic mass is 79.9. The fourth-order valence-electron chi connectivity index (χ4n) is 1.82. The van der Waals surface area contributed by atoms with Gasteiger partial charge in [0.1, 0.15) is 5.75 Å². The smallest absolute Gasteiger partial charge is 0.255 e. The van der Waals surface area contributed by atoms with Gasteiger partial charge in [-0.2, -0.15) is 0 Å². The first-order chi connectivity index (χ1) is 8.60. The van der Waals surface area contributed by atoms with E-state index in [2.05, 4.69) is 26.6 Å². The second kappa shape index (κ2) is 5.39. The van der Waals surface area contributed by atoms with Gasteiger partial charge in [-0.1, -0.05) is 15.9 Å². The zero-order chi connectivity index (χ0) is 13.1. The van der Waals surface area contributed by atoms with Crippen LogP contribution >= 0.6 is 15.9 Å². The van der Waals surface area contributed by atoms with Crippen molar-refractivity contribution in [3.8, 4) is 5.75 Å². The summed E-state index contributed by atoms with van der Waals surface area (Å²) in [6.07, 6.45) is 0.324. The number of benzene rings is 1. The maximum absolute atomic E-state index is 12.1. The average molecular weight is 313 g/mol. The SMILES string of the molecule is COc1cc(Br)ccc1C(=O)NC1CNC(=O)C1. The number of methoxy groups -OCH3 is 1. The number of carbonyl (C=O) groups is 2. The Morgan fingerprint density at radius 1 is 1.56 bits per heavy atom. The first-order valence-corrected chi connectivity index (χ1v) is 6.30. The lowest BCUT2D eigenvalue weighted by atomic mass is 10.1. The van der Waals surface area contributed by atoms with Gasteiger partial charge in [-0.15, -0.1) is 0 Å². The molecule has 0 aliphatic carbocycles. The van der Waals surface area contributed by atoms with Crippen molar-refractivity contribution in [1.82, 2.24) is 10.6 Å². The van der Waals surface area contributed by atoms with Crippen LogP contribution in [0.3, 0.4) is 0 Å². The summed E-state index contributed by atoms with van der Waals surface area (Å²) in [5.74, 6) is 0.225. The van der Waals surface area contributed by atoms with E-state index in [0.717, 1.165) is 4.47 Å². The van der Waals surface area contributed by atoms with Gasteiger partial charge in [0.05, 0.1) is 18.7 Å². The van der Waals surface area contributed by atoms with Gasteiger partial charge >= 0.3 is 0 Å². The second-order valence-corrected chi connectivity index (χ2v) is 4.94. The standard InChI is InChI=1S/C12H13BrN2O3/c1-18-10-4-7(13)2-3-9(10)12(17)15-8-5-11(16)14-6-8/h2-4,8H,5-6H2,1H3,(H,14,16)(H,15,17). The Morgan fingerprint density at radius 2 is 2.33 bits per heavy atom. The van der Waals surface area contributed by atoms with Crippen LogP contribution < -0.4 is 15.4 Å². The van der Waals surface area contributed by atoms with Crippen molar-refractivity contribution in [2.45, 2.75) is 12.5 Å². The van der Waals surface area contributed by atoms with Crippen LogP contribution in [0.5, 0.6) is 5.75 Å². The lowest BCUT2D eigenvalue weighted by molar-refractivity contribution is -0.119. The molecule has 1 fully saturated rings. The monoisotopic (exact) mass is 312 g/mol. The highest BCUT2D eigenvalue weighted by Gasteiger charge is 2.24. The van der Waals surface area contributed by atoms with Gasteiger partial charge in [-0.3, -0.25) is 9.59 Å². The van der Waals surface area contributed by atoms with Gasteiger partial charge in [0, 0.05) is 17.4 Å². The van der Waals surface area contributed by atoms with Crippen molar-refractivity contribution in [1.29, 1.82) is 0 Å². The Morgan fingerprint density at radius 3 is 2.94 bits per heavy atom. The molecule has 1 aromatic carbocycles. The van der Waals surface area contributed by atoms with E-state index in [-0.39, 0.29) is 17.9 Å². The van der Waals surface area contributed by atoms with Crippen LogP contribution in [0.1, 0.15) is 16.8 Å². The zero-order valence-electron chi connectivity index (χ0n) is 9.83. The van der Waals surface area contributed by atoms with E-state index in [1.807, 2.05) is 0 Å². The van der Waals surface area contributed by atoms with Crippen LogP contribution in [0.2, 0.25) is 0 Å². The van der Waals surface area contributed by atoms with Crippen molar-refractivity contribution < 1.29 is 14.3 Å². The van der Waals surface area contributed by atoms with E-state index in [1.54, 1.807) is 18.2 Å². The third-order valence-corrected chi connectivity index (χ3v) is 3.21. The van der Waals surface area contributed by atoms with E-state index in [0.29, 0.717) is 24.3 Å². The van der Waals surface area contributed by atoms with Crippen LogP contribution in [0, 0.1) is 0 Å². The summed E-state index contributed by atoms with van der Waals surface area (Å²) in [7, 11) is 1.51. The molecule has 1 aliphatic rings. The minimum Gasteiger partial charge on any atom is -0.496 e. The Balaban J connectivity index is 2.11. The van der Waals surface area contributed by atoms with E-state index < -0.39 is 0 Å². The molecule has 2 N–H and O–H groups in total. The Bertz CT molecular complexity index is 490. The van der Waals surface area contributed by atoms with Gasteiger partial charge < -0.3 is 15.4 Å². The molecule has 0 radical (unpaired) electrons. The molecule has 0 spiro atoms. The van der Waals surface area contributed by atoms with Crippen LogP contribution in [0.4, 0.5) is 0 Å². The van der Waals surface area contributed by atoms with Gasteiger partial charge in [-0.25, -0.2) is 0 Å². The summed E-state index contributed by atoms with van der Waals surface area (Å²) in [5.41, 5.74) is 0.458. The van der Waals surface area contributed by atoms with Crippen molar-refractivity contribution in [3.05, 3.63) is 28.2 Å².